The lowest BCUT2D eigenvalue weighted by molar-refractivity contribution is -0.159. The van der Waals surface area contributed by atoms with Gasteiger partial charge in [-0.1, -0.05) is 65.8 Å². The van der Waals surface area contributed by atoms with E-state index in [0.29, 0.717) is 42.5 Å². The maximum absolute atomic E-state index is 11.9. The third kappa shape index (κ3) is 5.55. The number of ether oxygens (including phenoxy) is 2. The number of carbonyl (C=O) groups is 1. The average molecular weight is 395 g/mol. The molecule has 2 rings (SSSR count). The molecule has 0 spiro atoms. The topological polar surface area (TPSA) is 44.8 Å². The van der Waals surface area contributed by atoms with Crippen LogP contribution < -0.4 is 0 Å². The summed E-state index contributed by atoms with van der Waals surface area (Å²) in [7, 11) is -1.92. The van der Waals surface area contributed by atoms with Crippen molar-refractivity contribution in [3.63, 3.8) is 0 Å². The van der Waals surface area contributed by atoms with Gasteiger partial charge in [-0.15, -0.1) is 0 Å². The van der Waals surface area contributed by atoms with Crippen LogP contribution in [0.1, 0.15) is 67.2 Å². The fraction of sp³-hybridized carbons (Fsp3) is 0.773. The molecule has 3 atom stereocenters. The van der Waals surface area contributed by atoms with Gasteiger partial charge in [-0.25, -0.2) is 0 Å². The smallest absolute Gasteiger partial charge is 0.306 e. The van der Waals surface area contributed by atoms with Gasteiger partial charge in [-0.3, -0.25) is 4.79 Å². The summed E-state index contributed by atoms with van der Waals surface area (Å²) in [4.78, 5) is 11.9. The van der Waals surface area contributed by atoms with Crippen LogP contribution in [0.15, 0.2) is 24.3 Å². The lowest BCUT2D eigenvalue weighted by Gasteiger charge is -2.43. The van der Waals surface area contributed by atoms with Gasteiger partial charge >= 0.3 is 5.97 Å². The van der Waals surface area contributed by atoms with Crippen molar-refractivity contribution in [1.29, 1.82) is 0 Å². The summed E-state index contributed by atoms with van der Waals surface area (Å²) >= 11 is 0. The Morgan fingerprint density at radius 2 is 1.67 bits per heavy atom. The molecule has 0 radical (unpaired) electrons. The first-order chi connectivity index (χ1) is 12.8. The third-order valence-electron chi connectivity index (χ3n) is 6.00. The number of rotatable bonds is 6. The lowest BCUT2D eigenvalue weighted by Crippen LogP contribution is -2.49. The van der Waals surface area contributed by atoms with Crippen LogP contribution in [-0.2, 0) is 18.7 Å². The van der Waals surface area contributed by atoms with Gasteiger partial charge in [0.15, 0.2) is 8.32 Å². The number of hydrogen-bond donors (Lipinski definition) is 0. The molecule has 0 saturated heterocycles. The number of allylic oxidation sites excluding steroid dienone is 1. The number of fused-ring (bicyclic) bond motifs is 1. The molecule has 0 aromatic carbocycles. The Hall–Kier alpha value is -0.913. The van der Waals surface area contributed by atoms with Crippen LogP contribution in [0.25, 0.3) is 0 Å². The number of esters is 1. The predicted molar refractivity (Wildman–Crippen MR) is 112 cm³/mol. The summed E-state index contributed by atoms with van der Waals surface area (Å²) in [5, 5.41) is 0. The number of carbonyl (C=O) groups excluding carboxylic acids is 1. The minimum atomic E-state index is -1.92. The van der Waals surface area contributed by atoms with E-state index in [-0.39, 0.29) is 24.3 Å². The molecule has 0 bridgehead atoms. The zero-order valence-corrected chi connectivity index (χ0v) is 18.9. The fourth-order valence-corrected chi connectivity index (χ4v) is 10.2. The molecule has 0 aromatic heterocycles. The second kappa shape index (κ2) is 10.0. The summed E-state index contributed by atoms with van der Waals surface area (Å²) in [6.07, 6.45) is 10.6. The van der Waals surface area contributed by atoms with E-state index in [0.717, 1.165) is 6.42 Å². The molecule has 0 amide bonds. The van der Waals surface area contributed by atoms with E-state index < -0.39 is 8.32 Å². The normalized spacial score (nSPS) is 29.5. The molecule has 27 heavy (non-hydrogen) atoms. The maximum atomic E-state index is 11.9. The molecular weight excluding hydrogens is 356 g/mol. The van der Waals surface area contributed by atoms with Gasteiger partial charge < -0.3 is 13.9 Å². The van der Waals surface area contributed by atoms with E-state index in [1.165, 1.54) is 0 Å². The van der Waals surface area contributed by atoms with Crippen molar-refractivity contribution in [2.45, 2.75) is 102 Å². The van der Waals surface area contributed by atoms with Crippen LogP contribution in [0.5, 0.6) is 0 Å². The van der Waals surface area contributed by atoms with E-state index in [9.17, 15) is 4.79 Å². The Kier molecular flexibility index (Phi) is 8.32. The molecule has 4 nitrogen and oxygen atoms in total. The van der Waals surface area contributed by atoms with E-state index in [4.69, 9.17) is 13.9 Å². The summed E-state index contributed by atoms with van der Waals surface area (Å²) in [5.41, 5.74) is 1.66. The van der Waals surface area contributed by atoms with Crippen molar-refractivity contribution >= 4 is 14.3 Å². The largest absolute Gasteiger partial charge is 0.459 e. The molecule has 0 unspecified atom stereocenters. The Balaban J connectivity index is 2.13. The molecule has 2 aliphatic rings. The van der Waals surface area contributed by atoms with Crippen LogP contribution in [0.2, 0.25) is 16.6 Å². The van der Waals surface area contributed by atoms with Crippen LogP contribution in [0, 0.1) is 0 Å². The summed E-state index contributed by atoms with van der Waals surface area (Å²) in [6.45, 7) is 14.4. The van der Waals surface area contributed by atoms with Crippen molar-refractivity contribution < 1.29 is 18.7 Å². The molecular formula is C22H38O4Si. The highest BCUT2D eigenvalue weighted by Gasteiger charge is 2.45. The highest BCUT2D eigenvalue weighted by molar-refractivity contribution is 6.77. The summed E-state index contributed by atoms with van der Waals surface area (Å²) < 4.78 is 18.8. The molecule has 0 saturated carbocycles. The first-order valence-electron chi connectivity index (χ1n) is 10.6. The molecule has 0 fully saturated rings. The van der Waals surface area contributed by atoms with Gasteiger partial charge in [0, 0.05) is 12.8 Å². The van der Waals surface area contributed by atoms with Crippen molar-refractivity contribution in [2.24, 2.45) is 0 Å². The fourth-order valence-electron chi connectivity index (χ4n) is 4.77. The minimum absolute atomic E-state index is 0.0139. The highest BCUT2D eigenvalue weighted by atomic mass is 28.4. The standard InChI is InChI=1S/C22H38O4Si/c1-16(2)27(17(3)4,18(5)6)24-15-19-11-7-8-13-21-20(25-19)12-9-10-14-22(23)26-21/h7-9,12,16-21H,10-11,13-15H2,1-6H3/b8-7-,12-9-/t19-,20+,21-/m0/s1. The maximum Gasteiger partial charge on any atom is 0.306 e. The molecule has 5 heteroatoms. The molecule has 0 aliphatic carbocycles. The zero-order chi connectivity index (χ0) is 20.0. The zero-order valence-electron chi connectivity index (χ0n) is 17.9. The second-order valence-corrected chi connectivity index (χ2v) is 14.2. The third-order valence-corrected chi connectivity index (χ3v) is 12.1. The van der Waals surface area contributed by atoms with E-state index in [2.05, 4.69) is 65.8 Å². The SMILES string of the molecule is CC(C)[Si](OC[C@@H]1C/C=C\C[C@@H]2OC(=O)CC/C=C\[C@H]2O1)(C(C)C)C(C)C. The van der Waals surface area contributed by atoms with E-state index >= 15 is 0 Å². The quantitative estimate of drug-likeness (QED) is 0.337. The van der Waals surface area contributed by atoms with Gasteiger partial charge in [0.25, 0.3) is 0 Å². The Morgan fingerprint density at radius 3 is 2.30 bits per heavy atom. The van der Waals surface area contributed by atoms with E-state index in [1.54, 1.807) is 0 Å². The van der Waals surface area contributed by atoms with Gasteiger partial charge in [0.2, 0.25) is 0 Å². The van der Waals surface area contributed by atoms with Crippen LogP contribution in [0.3, 0.4) is 0 Å². The van der Waals surface area contributed by atoms with Crippen LogP contribution >= 0.6 is 0 Å². The second-order valence-electron chi connectivity index (χ2n) is 8.79. The van der Waals surface area contributed by atoms with Crippen molar-refractivity contribution in [1.82, 2.24) is 0 Å². The first kappa shape index (κ1) is 22.4. The number of hydrogen-bond acceptors (Lipinski definition) is 4. The Morgan fingerprint density at radius 1 is 1.04 bits per heavy atom. The summed E-state index contributed by atoms with van der Waals surface area (Å²) in [5.74, 6) is -0.134. The van der Waals surface area contributed by atoms with Crippen molar-refractivity contribution in [3.05, 3.63) is 24.3 Å². The molecule has 2 heterocycles. The highest BCUT2D eigenvalue weighted by Crippen LogP contribution is 2.42. The molecule has 154 valence electrons. The Bertz CT molecular complexity index is 517. The van der Waals surface area contributed by atoms with Gasteiger partial charge in [-0.2, -0.15) is 0 Å². The van der Waals surface area contributed by atoms with Crippen molar-refractivity contribution in [2.75, 3.05) is 6.61 Å². The molecule has 0 N–H and O–H groups in total. The van der Waals surface area contributed by atoms with Gasteiger partial charge in [0.1, 0.15) is 12.2 Å². The molecule has 0 aromatic rings. The minimum Gasteiger partial charge on any atom is -0.459 e. The van der Waals surface area contributed by atoms with Crippen LogP contribution in [0.4, 0.5) is 0 Å². The average Bonchev–Trinajstić information content (AvgIpc) is 2.55. The first-order valence-corrected chi connectivity index (χ1v) is 12.7. The monoisotopic (exact) mass is 394 g/mol. The predicted octanol–water partition coefficient (Wildman–Crippen LogP) is 5.54. The van der Waals surface area contributed by atoms with E-state index in [1.807, 2.05) is 0 Å². The van der Waals surface area contributed by atoms with Crippen molar-refractivity contribution in [3.8, 4) is 0 Å². The van der Waals surface area contributed by atoms with Crippen LogP contribution in [-0.4, -0.2) is 39.2 Å². The molecule has 2 aliphatic heterocycles. The van der Waals surface area contributed by atoms with Gasteiger partial charge in [0.05, 0.1) is 12.7 Å². The van der Waals surface area contributed by atoms with Gasteiger partial charge in [-0.05, 0) is 29.5 Å². The lowest BCUT2D eigenvalue weighted by atomic mass is 10.0. The Labute approximate surface area is 166 Å². The summed E-state index contributed by atoms with van der Waals surface area (Å²) in [6, 6.07) is 0.